The zero-order chi connectivity index (χ0) is 14.5. The van der Waals surface area contributed by atoms with Crippen LogP contribution in [0.15, 0.2) is 16.6 Å². The van der Waals surface area contributed by atoms with E-state index < -0.39 is 0 Å². The Morgan fingerprint density at radius 1 is 1.05 bits per heavy atom. The predicted octanol–water partition coefficient (Wildman–Crippen LogP) is 5.31. The Morgan fingerprint density at radius 2 is 1.58 bits per heavy atom. The van der Waals surface area contributed by atoms with E-state index in [-0.39, 0.29) is 5.41 Å². The summed E-state index contributed by atoms with van der Waals surface area (Å²) < 4.78 is 12.4. The van der Waals surface area contributed by atoms with Gasteiger partial charge in [0.2, 0.25) is 0 Å². The number of rotatable bonds is 7. The topological polar surface area (TPSA) is 18.5 Å². The van der Waals surface area contributed by atoms with Gasteiger partial charge in [-0.05, 0) is 43.4 Å². The Balaban J connectivity index is 3.23. The van der Waals surface area contributed by atoms with Crippen LogP contribution in [-0.4, -0.2) is 18.5 Å². The molecular formula is C15H22Br2O2. The molecule has 0 N–H and O–H groups in total. The number of ether oxygens (including phenoxy) is 2. The van der Waals surface area contributed by atoms with Gasteiger partial charge in [0.05, 0.1) is 13.2 Å². The van der Waals surface area contributed by atoms with Crippen LogP contribution in [0.1, 0.15) is 39.7 Å². The van der Waals surface area contributed by atoms with Gasteiger partial charge in [0, 0.05) is 9.80 Å². The zero-order valence-electron chi connectivity index (χ0n) is 12.1. The molecule has 0 heterocycles. The van der Waals surface area contributed by atoms with Crippen LogP contribution in [0.4, 0.5) is 0 Å². The van der Waals surface area contributed by atoms with E-state index in [1.165, 1.54) is 5.56 Å². The normalized spacial score (nSPS) is 11.5. The molecule has 1 aromatic carbocycles. The standard InChI is InChI=1S/C15H22Br2O2/c1-5-18-13-9-11(15(3,4)7-8-16)12(17)10-14(13)19-6-2/h9-10H,5-8H2,1-4H3. The van der Waals surface area contributed by atoms with Gasteiger partial charge in [0.15, 0.2) is 11.5 Å². The second-order valence-corrected chi connectivity index (χ2v) is 6.62. The van der Waals surface area contributed by atoms with E-state index in [9.17, 15) is 0 Å². The Hall–Kier alpha value is -0.220. The lowest BCUT2D eigenvalue weighted by Crippen LogP contribution is -2.18. The van der Waals surface area contributed by atoms with Crippen molar-refractivity contribution in [3.63, 3.8) is 0 Å². The molecule has 0 aliphatic rings. The monoisotopic (exact) mass is 392 g/mol. The zero-order valence-corrected chi connectivity index (χ0v) is 15.2. The summed E-state index contributed by atoms with van der Waals surface area (Å²) in [6.07, 6.45) is 1.06. The average molecular weight is 394 g/mol. The maximum atomic E-state index is 5.70. The van der Waals surface area contributed by atoms with Crippen molar-refractivity contribution in [3.05, 3.63) is 22.2 Å². The first-order valence-corrected chi connectivity index (χ1v) is 8.53. The number of hydrogen-bond acceptors (Lipinski definition) is 2. The molecule has 108 valence electrons. The van der Waals surface area contributed by atoms with Crippen LogP contribution in [0.25, 0.3) is 0 Å². The molecule has 0 radical (unpaired) electrons. The van der Waals surface area contributed by atoms with Gasteiger partial charge in [-0.25, -0.2) is 0 Å². The van der Waals surface area contributed by atoms with Crippen molar-refractivity contribution in [2.24, 2.45) is 0 Å². The van der Waals surface area contributed by atoms with E-state index >= 15 is 0 Å². The van der Waals surface area contributed by atoms with Crippen molar-refractivity contribution in [3.8, 4) is 11.5 Å². The molecular weight excluding hydrogens is 372 g/mol. The summed E-state index contributed by atoms with van der Waals surface area (Å²) in [5.74, 6) is 1.62. The third-order valence-electron chi connectivity index (χ3n) is 3.08. The molecule has 0 bridgehead atoms. The van der Waals surface area contributed by atoms with Crippen LogP contribution >= 0.6 is 31.9 Å². The lowest BCUT2D eigenvalue weighted by molar-refractivity contribution is 0.286. The van der Waals surface area contributed by atoms with Crippen LogP contribution in [0.5, 0.6) is 11.5 Å². The van der Waals surface area contributed by atoms with Crippen LogP contribution in [0.2, 0.25) is 0 Å². The molecule has 0 atom stereocenters. The fraction of sp³-hybridized carbons (Fsp3) is 0.600. The highest BCUT2D eigenvalue weighted by atomic mass is 79.9. The van der Waals surface area contributed by atoms with E-state index in [4.69, 9.17) is 9.47 Å². The van der Waals surface area contributed by atoms with Gasteiger partial charge < -0.3 is 9.47 Å². The first kappa shape index (κ1) is 16.8. The van der Waals surface area contributed by atoms with E-state index in [2.05, 4.69) is 51.8 Å². The maximum Gasteiger partial charge on any atom is 0.162 e. The first-order valence-electron chi connectivity index (χ1n) is 6.61. The predicted molar refractivity (Wildman–Crippen MR) is 87.9 cm³/mol. The molecule has 0 fully saturated rings. The van der Waals surface area contributed by atoms with E-state index in [0.717, 1.165) is 27.7 Å². The lowest BCUT2D eigenvalue weighted by Gasteiger charge is -2.27. The summed E-state index contributed by atoms with van der Waals surface area (Å²) in [6, 6.07) is 4.11. The Bertz CT molecular complexity index is 417. The molecule has 4 heteroatoms. The minimum Gasteiger partial charge on any atom is -0.490 e. The van der Waals surface area contributed by atoms with E-state index in [1.54, 1.807) is 0 Å². The SMILES string of the molecule is CCOc1cc(Br)c(C(C)(C)CCBr)cc1OCC. The molecule has 2 nitrogen and oxygen atoms in total. The van der Waals surface area contributed by atoms with Crippen molar-refractivity contribution in [1.29, 1.82) is 0 Å². The molecule has 0 aliphatic carbocycles. The van der Waals surface area contributed by atoms with Crippen LogP contribution in [-0.2, 0) is 5.41 Å². The molecule has 0 amide bonds. The van der Waals surface area contributed by atoms with Crippen molar-refractivity contribution in [2.45, 2.75) is 39.5 Å². The quantitative estimate of drug-likeness (QED) is 0.584. The van der Waals surface area contributed by atoms with Crippen LogP contribution in [0, 0.1) is 0 Å². The Morgan fingerprint density at radius 3 is 2.05 bits per heavy atom. The minimum absolute atomic E-state index is 0.0823. The van der Waals surface area contributed by atoms with Gasteiger partial charge in [-0.15, -0.1) is 0 Å². The average Bonchev–Trinajstić information content (AvgIpc) is 2.32. The van der Waals surface area contributed by atoms with Gasteiger partial charge in [-0.3, -0.25) is 0 Å². The van der Waals surface area contributed by atoms with Crippen molar-refractivity contribution < 1.29 is 9.47 Å². The fourth-order valence-corrected chi connectivity index (χ4v) is 3.81. The van der Waals surface area contributed by atoms with Crippen molar-refractivity contribution >= 4 is 31.9 Å². The second kappa shape index (κ2) is 7.53. The summed E-state index contributed by atoms with van der Waals surface area (Å²) in [5, 5.41) is 0.976. The largest absolute Gasteiger partial charge is 0.490 e. The van der Waals surface area contributed by atoms with Crippen LogP contribution in [0.3, 0.4) is 0 Å². The molecule has 19 heavy (non-hydrogen) atoms. The summed E-state index contributed by atoms with van der Waals surface area (Å²) >= 11 is 7.18. The molecule has 0 spiro atoms. The summed E-state index contributed by atoms with van der Waals surface area (Å²) in [6.45, 7) is 9.72. The van der Waals surface area contributed by atoms with Gasteiger partial charge >= 0.3 is 0 Å². The fourth-order valence-electron chi connectivity index (χ4n) is 1.96. The summed E-state index contributed by atoms with van der Waals surface area (Å²) in [5.41, 5.74) is 1.33. The minimum atomic E-state index is 0.0823. The highest BCUT2D eigenvalue weighted by Crippen LogP contribution is 2.40. The Kier molecular flexibility index (Phi) is 6.67. The number of hydrogen-bond donors (Lipinski definition) is 0. The molecule has 1 rings (SSSR count). The van der Waals surface area contributed by atoms with Gasteiger partial charge in [-0.2, -0.15) is 0 Å². The third kappa shape index (κ3) is 4.38. The van der Waals surface area contributed by atoms with E-state index in [0.29, 0.717) is 13.2 Å². The van der Waals surface area contributed by atoms with Gasteiger partial charge in [0.1, 0.15) is 0 Å². The second-order valence-electron chi connectivity index (χ2n) is 4.97. The molecule has 1 aromatic rings. The first-order chi connectivity index (χ1) is 8.96. The molecule has 0 saturated carbocycles. The molecule has 0 aliphatic heterocycles. The van der Waals surface area contributed by atoms with E-state index in [1.807, 2.05) is 19.9 Å². The van der Waals surface area contributed by atoms with Crippen LogP contribution < -0.4 is 9.47 Å². The van der Waals surface area contributed by atoms with Gasteiger partial charge in [-0.1, -0.05) is 45.7 Å². The number of benzene rings is 1. The smallest absolute Gasteiger partial charge is 0.162 e. The Labute approximate surface area is 133 Å². The summed E-state index contributed by atoms with van der Waals surface area (Å²) in [4.78, 5) is 0. The summed E-state index contributed by atoms with van der Waals surface area (Å²) in [7, 11) is 0. The molecule has 0 unspecified atom stereocenters. The molecule has 0 aromatic heterocycles. The number of alkyl halides is 1. The maximum absolute atomic E-state index is 5.70. The van der Waals surface area contributed by atoms with Gasteiger partial charge in [0.25, 0.3) is 0 Å². The highest BCUT2D eigenvalue weighted by molar-refractivity contribution is 9.10. The third-order valence-corrected chi connectivity index (χ3v) is 4.13. The highest BCUT2D eigenvalue weighted by Gasteiger charge is 2.24. The number of halogens is 2. The lowest BCUT2D eigenvalue weighted by atomic mass is 9.82. The molecule has 0 saturated heterocycles. The van der Waals surface area contributed by atoms with Crippen molar-refractivity contribution in [2.75, 3.05) is 18.5 Å². The van der Waals surface area contributed by atoms with Crippen molar-refractivity contribution in [1.82, 2.24) is 0 Å².